The van der Waals surface area contributed by atoms with Gasteiger partial charge < -0.3 is 0 Å². The Balaban J connectivity index is 0.00000401. The molecule has 5 radical (unpaired) electrons. The van der Waals surface area contributed by atoms with Crippen molar-refractivity contribution < 1.29 is 17.0 Å². The molecule has 0 aromatic carbocycles. The first-order valence-electron chi connectivity index (χ1n) is 18.9. The zero-order chi connectivity index (χ0) is 40.3. The number of hydrogen-bond acceptors (Lipinski definition) is 1. The van der Waals surface area contributed by atoms with Gasteiger partial charge in [0, 0.05) is 63.6 Å². The van der Waals surface area contributed by atoms with Crippen LogP contribution in [-0.4, -0.2) is 78.0 Å². The normalized spacial score (nSPS) is 18.3. The summed E-state index contributed by atoms with van der Waals surface area (Å²) in [5, 5.41) is 1.88. The molecule has 50 heavy (non-hydrogen) atoms. The summed E-state index contributed by atoms with van der Waals surface area (Å²) < 4.78 is 0. The van der Waals surface area contributed by atoms with E-state index >= 15 is 0 Å². The molecule has 0 bridgehead atoms. The molecule has 2 rings (SSSR count). The van der Waals surface area contributed by atoms with Crippen LogP contribution in [0.2, 0.25) is 137 Å². The number of aromatic nitrogens is 1. The van der Waals surface area contributed by atoms with Crippen LogP contribution in [0, 0.1) is 34.4 Å². The third-order valence-electron chi connectivity index (χ3n) is 17.9. The van der Waals surface area contributed by atoms with Crippen molar-refractivity contribution in [1.82, 2.24) is 4.98 Å². The van der Waals surface area contributed by atoms with E-state index in [1.54, 1.807) is 23.7 Å². The Bertz CT molecular complexity index is 1270. The first kappa shape index (κ1) is 50.5. The number of hydrogen-bond donors (Lipinski definition) is 0. The molecule has 0 N–H and O–H groups in total. The van der Waals surface area contributed by atoms with Crippen molar-refractivity contribution >= 4 is 91.6 Å². The van der Waals surface area contributed by atoms with Gasteiger partial charge in [0.1, 0.15) is 0 Å². The van der Waals surface area contributed by atoms with Crippen molar-refractivity contribution in [3.63, 3.8) is 0 Å². The molecule has 0 spiro atoms. The predicted octanol–water partition coefficient (Wildman–Crippen LogP) is 13.3. The van der Waals surface area contributed by atoms with E-state index in [2.05, 4.69) is 190 Å². The molecule has 1 saturated carbocycles. The Morgan fingerprint density at radius 1 is 0.480 bits per heavy atom. The summed E-state index contributed by atoms with van der Waals surface area (Å²) in [5.74, 6) is 6.47. The molecule has 0 aliphatic heterocycles. The minimum atomic E-state index is -1.78. The van der Waals surface area contributed by atoms with Gasteiger partial charge in [-0.3, -0.25) is 4.98 Å². The SMILES string of the molecule is C[C]1[C](C)[C](C)[C]([Si](C)(C)[Si](C)(C)[Si](C)(C)[Si](C)(C)[Si](C)(C)[Si](C)(C)[Si](C)(C)[Si](C)(C)[Si](C)(C)[C-](c2ccccn2)[Si](C)(C)C)[C]1C.[Cl][Ti][Cl]. The van der Waals surface area contributed by atoms with Crippen molar-refractivity contribution in [2.24, 2.45) is 0 Å². The zero-order valence-corrected chi connectivity index (χ0v) is 50.6. The van der Waals surface area contributed by atoms with Crippen LogP contribution in [0.4, 0.5) is 0 Å². The Labute approximate surface area is 339 Å². The van der Waals surface area contributed by atoms with Crippen molar-refractivity contribution in [1.29, 1.82) is 0 Å². The summed E-state index contributed by atoms with van der Waals surface area (Å²) in [6.07, 6.45) is 2.06. The fraction of sp³-hybridized carbons (Fsp3) is 0.694. The quantitative estimate of drug-likeness (QED) is 0.150. The molecule has 14 heteroatoms. The van der Waals surface area contributed by atoms with Crippen LogP contribution in [-0.2, 0) is 17.0 Å². The van der Waals surface area contributed by atoms with Gasteiger partial charge in [0.2, 0.25) is 0 Å². The molecule has 1 nitrogen and oxygen atoms in total. The molecule has 1 aromatic heterocycles. The van der Waals surface area contributed by atoms with E-state index in [1.165, 1.54) is 5.69 Å². The summed E-state index contributed by atoms with van der Waals surface area (Å²) in [6, 6.07) is 6.72. The maximum atomic E-state index is 5.09. The van der Waals surface area contributed by atoms with Crippen LogP contribution >= 0.6 is 18.6 Å². The van der Waals surface area contributed by atoms with Crippen LogP contribution in [0.5, 0.6) is 0 Å². The Morgan fingerprint density at radius 2 is 0.800 bits per heavy atom. The van der Waals surface area contributed by atoms with Gasteiger partial charge in [0.05, 0.1) is 0 Å². The molecule has 0 unspecified atom stereocenters. The Kier molecular flexibility index (Phi) is 16.6. The van der Waals surface area contributed by atoms with Gasteiger partial charge in [0.25, 0.3) is 0 Å². The third-order valence-corrected chi connectivity index (χ3v) is 222. The van der Waals surface area contributed by atoms with E-state index in [0.29, 0.717) is 0 Å². The molecule has 1 aromatic rings. The first-order valence-corrected chi connectivity index (χ1v) is 61.7. The van der Waals surface area contributed by atoms with E-state index in [9.17, 15) is 0 Å². The maximum absolute atomic E-state index is 5.09. The van der Waals surface area contributed by atoms with Crippen molar-refractivity contribution in [3.8, 4) is 0 Å². The topological polar surface area (TPSA) is 12.9 Å². The first-order chi connectivity index (χ1) is 21.9. The van der Waals surface area contributed by atoms with E-state index in [1.807, 2.05) is 10.7 Å². The second-order valence-corrected chi connectivity index (χ2v) is 130. The fourth-order valence-corrected chi connectivity index (χ4v) is 298. The van der Waals surface area contributed by atoms with Gasteiger partial charge in [-0.15, -0.1) is 11.8 Å². The van der Waals surface area contributed by atoms with Crippen molar-refractivity contribution in [2.45, 2.75) is 165 Å². The predicted molar refractivity (Wildman–Crippen MR) is 258 cm³/mol. The Morgan fingerprint density at radius 3 is 1.10 bits per heavy atom. The van der Waals surface area contributed by atoms with Crippen molar-refractivity contribution in [2.75, 3.05) is 0 Å². The second kappa shape index (κ2) is 16.4. The number of nitrogens with zero attached hydrogens (tertiary/aromatic N) is 1. The Hall–Kier alpha value is 2.48. The molecule has 1 aliphatic carbocycles. The molecule has 0 amide bonds. The summed E-state index contributed by atoms with van der Waals surface area (Å²) >= 11 is -0.556. The van der Waals surface area contributed by atoms with Gasteiger partial charge in [-0.25, -0.2) is 0 Å². The molecule has 0 atom stereocenters. The van der Waals surface area contributed by atoms with E-state index in [0.717, 1.165) is 0 Å². The average Bonchev–Trinajstić information content (AvgIpc) is 3.14. The molecule has 0 saturated heterocycles. The number of pyridine rings is 1. The number of halogens is 2. The monoisotopic (exact) mass is 923 g/mol. The molecule has 1 aliphatic rings. The zero-order valence-electron chi connectivity index (χ0n) is 37.5. The minimum absolute atomic E-state index is 0.556. The molecular formula is C36H79Cl2NSi10Ti-. The molecule has 1 heterocycles. The van der Waals surface area contributed by atoms with Crippen LogP contribution in [0.25, 0.3) is 0 Å². The summed E-state index contributed by atoms with van der Waals surface area (Å²) in [4.78, 5) is 5.09. The van der Waals surface area contributed by atoms with Crippen LogP contribution in [0.3, 0.4) is 0 Å². The second-order valence-electron chi connectivity index (χ2n) is 21.4. The van der Waals surface area contributed by atoms with Crippen LogP contribution in [0.15, 0.2) is 24.4 Å². The average molecular weight is 926 g/mol. The summed E-state index contributed by atoms with van der Waals surface area (Å²) in [5.41, 5.74) is 3.22. The molecule has 287 valence electrons. The summed E-state index contributed by atoms with van der Waals surface area (Å²) in [6.45, 7) is 70.5. The summed E-state index contributed by atoms with van der Waals surface area (Å²) in [7, 11) is -6.54. The third kappa shape index (κ3) is 7.98. The van der Waals surface area contributed by atoms with E-state index < -0.39 is 90.1 Å². The van der Waals surface area contributed by atoms with Gasteiger partial charge in [-0.1, -0.05) is 171 Å². The van der Waals surface area contributed by atoms with Gasteiger partial charge in [0.15, 0.2) is 0 Å². The molecular weight excluding hydrogens is 846 g/mol. The fourth-order valence-electron chi connectivity index (χ4n) is 10.4. The van der Waals surface area contributed by atoms with Gasteiger partial charge >= 0.3 is 35.6 Å². The van der Waals surface area contributed by atoms with Crippen LogP contribution in [0.1, 0.15) is 33.4 Å². The standard InChI is InChI=1S/C36H79NSi10.2ClH.Ti/c1-30-31(2)33(4)35(32(30)3)39(8,9)41(12,13)43(16,17)45(20,21)47(24,25)46(22,23)44(18,19)42(14,15)40(10,11)36(38(5,6)7)34-28-26-27-29-37-34;;;/h26-29H,1-25H3;2*1H;/q-1;;;+2/p-2. The van der Waals surface area contributed by atoms with Gasteiger partial charge in [-0.2, -0.15) is 11.2 Å². The van der Waals surface area contributed by atoms with Crippen LogP contribution < -0.4 is 0 Å². The number of rotatable bonds is 12. The van der Waals surface area contributed by atoms with E-state index in [4.69, 9.17) is 23.6 Å². The van der Waals surface area contributed by atoms with Crippen molar-refractivity contribution in [3.05, 3.63) is 64.5 Å². The molecule has 1 fully saturated rings. The van der Waals surface area contributed by atoms with E-state index in [-0.39, 0.29) is 0 Å². The van der Waals surface area contributed by atoms with Gasteiger partial charge in [-0.05, 0) is 44.9 Å².